The number of carbonyl (C=O) groups is 1. The van der Waals surface area contributed by atoms with Crippen LogP contribution in [0.3, 0.4) is 0 Å². The maximum Gasteiger partial charge on any atom is 0.405 e. The number of nitrogens with one attached hydrogen (secondary N) is 1. The van der Waals surface area contributed by atoms with Crippen LogP contribution in [0.2, 0.25) is 5.02 Å². The second-order valence-electron chi connectivity index (χ2n) is 3.80. The number of hydrogen-bond acceptors (Lipinski definition) is 2. The highest BCUT2D eigenvalue weighted by molar-refractivity contribution is 6.31. The molecule has 0 aliphatic carbocycles. The van der Waals surface area contributed by atoms with Crippen molar-refractivity contribution in [1.82, 2.24) is 0 Å². The minimum atomic E-state index is -4.48. The van der Waals surface area contributed by atoms with Crippen LogP contribution in [-0.2, 0) is 4.79 Å². The first kappa shape index (κ1) is 12.9. The Hall–Kier alpha value is -1.50. The number of carbonyl (C=O) groups excluding carboxylic acids is 1. The largest absolute Gasteiger partial charge is 0.405 e. The Balaban J connectivity index is 2.41. The second kappa shape index (κ2) is 4.31. The SMILES string of the molecule is O=C1CN(CC(F)(F)F)c2cc(F)c(Cl)cc2N1. The summed E-state index contributed by atoms with van der Waals surface area (Å²) in [5.74, 6) is -1.44. The molecule has 1 aromatic carbocycles. The molecule has 3 nitrogen and oxygen atoms in total. The van der Waals surface area contributed by atoms with Crippen LogP contribution < -0.4 is 10.2 Å². The van der Waals surface area contributed by atoms with Gasteiger partial charge in [-0.1, -0.05) is 11.6 Å². The van der Waals surface area contributed by atoms with Crippen LogP contribution in [0.4, 0.5) is 28.9 Å². The predicted octanol–water partition coefficient (Wildman–Crippen LogP) is 2.80. The summed E-state index contributed by atoms with van der Waals surface area (Å²) >= 11 is 5.51. The summed E-state index contributed by atoms with van der Waals surface area (Å²) in [5.41, 5.74) is 0.0377. The number of amides is 1. The predicted molar refractivity (Wildman–Crippen MR) is 58.3 cm³/mol. The van der Waals surface area contributed by atoms with Crippen molar-refractivity contribution in [2.75, 3.05) is 23.3 Å². The molecular weight excluding hydrogens is 276 g/mol. The number of hydrogen-bond donors (Lipinski definition) is 1. The Bertz CT molecular complexity index is 503. The summed E-state index contributed by atoms with van der Waals surface area (Å²) < 4.78 is 50.3. The number of fused-ring (bicyclic) bond motifs is 1. The maximum atomic E-state index is 13.3. The van der Waals surface area contributed by atoms with E-state index in [0.717, 1.165) is 17.0 Å². The first-order chi connectivity index (χ1) is 8.26. The van der Waals surface area contributed by atoms with Gasteiger partial charge in [-0.15, -0.1) is 0 Å². The van der Waals surface area contributed by atoms with Gasteiger partial charge >= 0.3 is 6.18 Å². The standard InChI is InChI=1S/C10H7ClF4N2O/c11-5-1-7-8(2-6(5)12)17(3-9(18)16-7)4-10(13,14)15/h1-2H,3-4H2,(H,16,18). The van der Waals surface area contributed by atoms with Crippen molar-refractivity contribution in [3.63, 3.8) is 0 Å². The average molecular weight is 283 g/mol. The van der Waals surface area contributed by atoms with Crippen molar-refractivity contribution in [3.8, 4) is 0 Å². The van der Waals surface area contributed by atoms with E-state index >= 15 is 0 Å². The number of nitrogens with zero attached hydrogens (tertiary/aromatic N) is 1. The van der Waals surface area contributed by atoms with Gasteiger partial charge in [0.05, 0.1) is 22.9 Å². The minimum Gasteiger partial charge on any atom is -0.351 e. The number of anilines is 2. The van der Waals surface area contributed by atoms with E-state index in [0.29, 0.717) is 0 Å². The highest BCUT2D eigenvalue weighted by atomic mass is 35.5. The van der Waals surface area contributed by atoms with Gasteiger partial charge in [0, 0.05) is 6.07 Å². The zero-order valence-electron chi connectivity index (χ0n) is 8.81. The van der Waals surface area contributed by atoms with Gasteiger partial charge in [-0.25, -0.2) is 4.39 Å². The van der Waals surface area contributed by atoms with Crippen LogP contribution in [0, 0.1) is 5.82 Å². The molecule has 98 valence electrons. The van der Waals surface area contributed by atoms with Gasteiger partial charge in [-0.2, -0.15) is 13.2 Å². The second-order valence-corrected chi connectivity index (χ2v) is 4.21. The summed E-state index contributed by atoms with van der Waals surface area (Å²) in [4.78, 5) is 12.0. The molecule has 0 unspecified atom stereocenters. The zero-order valence-corrected chi connectivity index (χ0v) is 9.57. The summed E-state index contributed by atoms with van der Waals surface area (Å²) in [6.07, 6.45) is -4.48. The van der Waals surface area contributed by atoms with E-state index in [1.54, 1.807) is 0 Å². The Morgan fingerprint density at radius 3 is 2.67 bits per heavy atom. The van der Waals surface area contributed by atoms with E-state index in [1.807, 2.05) is 0 Å². The van der Waals surface area contributed by atoms with E-state index < -0.39 is 31.0 Å². The first-order valence-electron chi connectivity index (χ1n) is 4.87. The van der Waals surface area contributed by atoms with Crippen LogP contribution in [0.5, 0.6) is 0 Å². The van der Waals surface area contributed by atoms with Crippen LogP contribution in [0.1, 0.15) is 0 Å². The number of benzene rings is 1. The molecule has 0 atom stereocenters. The van der Waals surface area contributed by atoms with Gasteiger partial charge in [-0.3, -0.25) is 4.79 Å². The molecule has 1 aromatic rings. The molecule has 8 heteroatoms. The lowest BCUT2D eigenvalue weighted by molar-refractivity contribution is -0.122. The van der Waals surface area contributed by atoms with Gasteiger partial charge in [0.1, 0.15) is 12.4 Å². The molecule has 0 fully saturated rings. The van der Waals surface area contributed by atoms with Crippen LogP contribution in [0.15, 0.2) is 12.1 Å². The summed E-state index contributed by atoms with van der Waals surface area (Å²) in [5, 5.41) is 2.08. The fourth-order valence-electron chi connectivity index (χ4n) is 1.70. The van der Waals surface area contributed by atoms with Gasteiger partial charge in [0.15, 0.2) is 0 Å². The van der Waals surface area contributed by atoms with E-state index in [-0.39, 0.29) is 16.4 Å². The monoisotopic (exact) mass is 282 g/mol. The maximum absolute atomic E-state index is 13.3. The van der Waals surface area contributed by atoms with E-state index in [4.69, 9.17) is 11.6 Å². The first-order valence-corrected chi connectivity index (χ1v) is 5.24. The van der Waals surface area contributed by atoms with Gasteiger partial charge in [0.2, 0.25) is 5.91 Å². The lowest BCUT2D eigenvalue weighted by Crippen LogP contribution is -2.43. The fourth-order valence-corrected chi connectivity index (χ4v) is 1.87. The lowest BCUT2D eigenvalue weighted by Gasteiger charge is -2.31. The number of halogens is 5. The summed E-state index contributed by atoms with van der Waals surface area (Å²) in [6.45, 7) is -1.80. The van der Waals surface area contributed by atoms with Crippen molar-refractivity contribution in [2.45, 2.75) is 6.18 Å². The van der Waals surface area contributed by atoms with Crippen molar-refractivity contribution in [2.24, 2.45) is 0 Å². The molecule has 0 spiro atoms. The summed E-state index contributed by atoms with van der Waals surface area (Å²) in [6, 6.07) is 1.97. The molecule has 1 amide bonds. The van der Waals surface area contributed by atoms with Crippen molar-refractivity contribution in [1.29, 1.82) is 0 Å². The van der Waals surface area contributed by atoms with Crippen LogP contribution >= 0.6 is 11.6 Å². The normalized spacial score (nSPS) is 15.4. The molecule has 0 radical (unpaired) electrons. The number of alkyl halides is 3. The molecule has 0 saturated carbocycles. The molecule has 18 heavy (non-hydrogen) atoms. The molecule has 0 saturated heterocycles. The molecule has 1 aliphatic rings. The molecule has 1 aliphatic heterocycles. The third-order valence-electron chi connectivity index (χ3n) is 2.36. The van der Waals surface area contributed by atoms with Crippen molar-refractivity contribution >= 4 is 28.9 Å². The third-order valence-corrected chi connectivity index (χ3v) is 2.65. The summed E-state index contributed by atoms with van der Waals surface area (Å²) in [7, 11) is 0. The van der Waals surface area contributed by atoms with E-state index in [9.17, 15) is 22.4 Å². The third kappa shape index (κ3) is 2.66. The number of rotatable bonds is 1. The van der Waals surface area contributed by atoms with E-state index in [2.05, 4.69) is 5.32 Å². The topological polar surface area (TPSA) is 32.3 Å². The average Bonchev–Trinajstić information content (AvgIpc) is 2.18. The fraction of sp³-hybridized carbons (Fsp3) is 0.300. The minimum absolute atomic E-state index is 0.0335. The van der Waals surface area contributed by atoms with E-state index in [1.165, 1.54) is 0 Å². The van der Waals surface area contributed by atoms with Crippen LogP contribution in [-0.4, -0.2) is 25.2 Å². The van der Waals surface area contributed by atoms with Crippen LogP contribution in [0.25, 0.3) is 0 Å². The molecule has 1 N–H and O–H groups in total. The Labute approximate surface area is 104 Å². The molecule has 2 rings (SSSR count). The molecular formula is C10H7ClF4N2O. The molecule has 0 bridgehead atoms. The van der Waals surface area contributed by atoms with Gasteiger partial charge in [0.25, 0.3) is 0 Å². The Morgan fingerprint density at radius 1 is 1.39 bits per heavy atom. The molecule has 0 aromatic heterocycles. The quantitative estimate of drug-likeness (QED) is 0.803. The Kier molecular flexibility index (Phi) is 3.10. The van der Waals surface area contributed by atoms with Gasteiger partial charge in [-0.05, 0) is 6.07 Å². The highest BCUT2D eigenvalue weighted by Crippen LogP contribution is 2.35. The Morgan fingerprint density at radius 2 is 2.06 bits per heavy atom. The van der Waals surface area contributed by atoms with Crippen molar-refractivity contribution in [3.05, 3.63) is 23.0 Å². The van der Waals surface area contributed by atoms with Crippen molar-refractivity contribution < 1.29 is 22.4 Å². The lowest BCUT2D eigenvalue weighted by atomic mass is 10.2. The molecule has 1 heterocycles. The smallest absolute Gasteiger partial charge is 0.351 e. The zero-order chi connectivity index (χ0) is 13.5. The van der Waals surface area contributed by atoms with Gasteiger partial charge < -0.3 is 10.2 Å². The highest BCUT2D eigenvalue weighted by Gasteiger charge is 2.34.